The van der Waals surface area contributed by atoms with Crippen LogP contribution in [0.4, 0.5) is 0 Å². The van der Waals surface area contributed by atoms with Crippen LogP contribution in [0.1, 0.15) is 0 Å². The smallest absolute Gasteiger partial charge is 0.111 e. The molecule has 0 spiro atoms. The average molecular weight is 164 g/mol. The van der Waals surface area contributed by atoms with Crippen molar-refractivity contribution in [2.75, 3.05) is 13.2 Å². The lowest BCUT2D eigenvalue weighted by Gasteiger charge is -2.20. The van der Waals surface area contributed by atoms with Crippen LogP contribution < -0.4 is 0 Å². The zero-order chi connectivity index (χ0) is 8.43. The quantitative estimate of drug-likeness (QED) is 0.317. The molecule has 1 heterocycles. The lowest BCUT2D eigenvalue weighted by Crippen LogP contribution is -2.43. The summed E-state index contributed by atoms with van der Waals surface area (Å²) >= 11 is 0. The lowest BCUT2D eigenvalue weighted by molar-refractivity contribution is -0.0894. The van der Waals surface area contributed by atoms with Crippen molar-refractivity contribution >= 4 is 0 Å². The fraction of sp³-hybridized carbons (Fsp3) is 1.00. The Kier molecular flexibility index (Phi) is 2.80. The first-order valence-electron chi connectivity index (χ1n) is 3.43. The van der Waals surface area contributed by atoms with Crippen molar-refractivity contribution in [1.82, 2.24) is 0 Å². The second kappa shape index (κ2) is 3.46. The predicted molar refractivity (Wildman–Crippen MR) is 34.8 cm³/mol. The van der Waals surface area contributed by atoms with Gasteiger partial charge in [0.05, 0.1) is 13.2 Å². The molecule has 0 aromatic carbocycles. The third kappa shape index (κ3) is 1.88. The van der Waals surface area contributed by atoms with Gasteiger partial charge in [0, 0.05) is 0 Å². The molecule has 5 nitrogen and oxygen atoms in total. The molecule has 0 amide bonds. The first-order valence-corrected chi connectivity index (χ1v) is 3.43. The van der Waals surface area contributed by atoms with E-state index in [-0.39, 0.29) is 13.2 Å². The van der Waals surface area contributed by atoms with Crippen LogP contribution in [0.25, 0.3) is 0 Å². The Morgan fingerprint density at radius 3 is 1.55 bits per heavy atom. The zero-order valence-electron chi connectivity index (χ0n) is 5.92. The summed E-state index contributed by atoms with van der Waals surface area (Å²) in [5.74, 6) is 0. The van der Waals surface area contributed by atoms with Gasteiger partial charge >= 0.3 is 0 Å². The summed E-state index contributed by atoms with van der Waals surface area (Å²) in [4.78, 5) is 0. The number of rotatable bonds is 0. The van der Waals surface area contributed by atoms with Gasteiger partial charge in [-0.3, -0.25) is 0 Å². The van der Waals surface area contributed by atoms with Crippen molar-refractivity contribution in [1.29, 1.82) is 0 Å². The Morgan fingerprint density at radius 2 is 1.18 bits per heavy atom. The molecule has 0 aliphatic carbocycles. The lowest BCUT2D eigenvalue weighted by atomic mass is 10.1. The predicted octanol–water partition coefficient (Wildman–Crippen LogP) is -2.54. The zero-order valence-corrected chi connectivity index (χ0v) is 5.92. The molecular formula is C6H12O5. The van der Waals surface area contributed by atoms with Crippen molar-refractivity contribution in [2.45, 2.75) is 24.4 Å². The van der Waals surface area contributed by atoms with E-state index in [4.69, 9.17) is 25.2 Å². The number of hydrogen-bond donors (Lipinski definition) is 4. The van der Waals surface area contributed by atoms with Gasteiger partial charge in [0.1, 0.15) is 24.4 Å². The van der Waals surface area contributed by atoms with Crippen LogP contribution in [0.3, 0.4) is 0 Å². The van der Waals surface area contributed by atoms with Gasteiger partial charge in [0.15, 0.2) is 0 Å². The second-order valence-electron chi connectivity index (χ2n) is 2.65. The van der Waals surface area contributed by atoms with Gasteiger partial charge in [0.25, 0.3) is 0 Å². The van der Waals surface area contributed by atoms with E-state index in [9.17, 15) is 0 Å². The van der Waals surface area contributed by atoms with Crippen molar-refractivity contribution in [3.63, 3.8) is 0 Å². The molecule has 0 radical (unpaired) electrons. The van der Waals surface area contributed by atoms with Crippen molar-refractivity contribution in [2.24, 2.45) is 0 Å². The Morgan fingerprint density at radius 1 is 0.818 bits per heavy atom. The fourth-order valence-electron chi connectivity index (χ4n) is 0.962. The summed E-state index contributed by atoms with van der Waals surface area (Å²) in [7, 11) is 0. The Hall–Kier alpha value is -0.200. The van der Waals surface area contributed by atoms with E-state index >= 15 is 0 Å². The minimum Gasteiger partial charge on any atom is -0.388 e. The third-order valence-corrected chi connectivity index (χ3v) is 1.72. The molecule has 4 N–H and O–H groups in total. The maximum atomic E-state index is 9.06. The molecule has 1 aliphatic rings. The van der Waals surface area contributed by atoms with Crippen LogP contribution >= 0.6 is 0 Å². The fourth-order valence-corrected chi connectivity index (χ4v) is 0.962. The molecule has 11 heavy (non-hydrogen) atoms. The van der Waals surface area contributed by atoms with Gasteiger partial charge in [-0.1, -0.05) is 0 Å². The largest absolute Gasteiger partial charge is 0.388 e. The Balaban J connectivity index is 2.58. The third-order valence-electron chi connectivity index (χ3n) is 1.72. The average Bonchev–Trinajstić information content (AvgIpc) is 2.07. The van der Waals surface area contributed by atoms with Crippen molar-refractivity contribution < 1.29 is 25.2 Å². The van der Waals surface area contributed by atoms with Gasteiger partial charge in [-0.15, -0.1) is 0 Å². The molecule has 1 aliphatic heterocycles. The minimum absolute atomic E-state index is 0.0602. The number of hydrogen-bond acceptors (Lipinski definition) is 5. The van der Waals surface area contributed by atoms with Crippen LogP contribution in [-0.2, 0) is 4.74 Å². The van der Waals surface area contributed by atoms with E-state index in [0.29, 0.717) is 0 Å². The highest BCUT2D eigenvalue weighted by atomic mass is 16.5. The summed E-state index contributed by atoms with van der Waals surface area (Å²) in [6, 6.07) is 0. The summed E-state index contributed by atoms with van der Waals surface area (Å²) in [6.45, 7) is -0.120. The van der Waals surface area contributed by atoms with Gasteiger partial charge < -0.3 is 25.2 Å². The van der Waals surface area contributed by atoms with E-state index in [0.717, 1.165) is 0 Å². The molecule has 66 valence electrons. The Bertz CT molecular complexity index is 114. The molecule has 5 heteroatoms. The first-order chi connectivity index (χ1) is 5.13. The molecule has 0 unspecified atom stereocenters. The Labute approximate surface area is 63.8 Å². The molecular weight excluding hydrogens is 152 g/mol. The van der Waals surface area contributed by atoms with Gasteiger partial charge in [-0.2, -0.15) is 0 Å². The van der Waals surface area contributed by atoms with Crippen LogP contribution in [0.2, 0.25) is 0 Å². The SMILES string of the molecule is O[C@@H]1[C@H](O)[C@@H](O)COC[C@H]1O. The monoisotopic (exact) mass is 164 g/mol. The second-order valence-corrected chi connectivity index (χ2v) is 2.65. The van der Waals surface area contributed by atoms with E-state index in [1.165, 1.54) is 0 Å². The minimum atomic E-state index is -1.33. The van der Waals surface area contributed by atoms with Crippen LogP contribution in [0.15, 0.2) is 0 Å². The van der Waals surface area contributed by atoms with E-state index in [1.54, 1.807) is 0 Å². The van der Waals surface area contributed by atoms with Crippen molar-refractivity contribution in [3.8, 4) is 0 Å². The van der Waals surface area contributed by atoms with E-state index < -0.39 is 24.4 Å². The van der Waals surface area contributed by atoms with E-state index in [2.05, 4.69) is 0 Å². The topological polar surface area (TPSA) is 90.2 Å². The summed E-state index contributed by atoms with van der Waals surface area (Å²) in [5.41, 5.74) is 0. The van der Waals surface area contributed by atoms with Gasteiger partial charge in [-0.25, -0.2) is 0 Å². The van der Waals surface area contributed by atoms with Gasteiger partial charge in [0.2, 0.25) is 0 Å². The molecule has 0 bridgehead atoms. The molecule has 0 aromatic heterocycles. The summed E-state index contributed by atoms with van der Waals surface area (Å²) in [6.07, 6.45) is -4.90. The van der Waals surface area contributed by atoms with Crippen molar-refractivity contribution in [3.05, 3.63) is 0 Å². The molecule has 0 aromatic rings. The number of aliphatic hydroxyl groups is 4. The van der Waals surface area contributed by atoms with Gasteiger partial charge in [-0.05, 0) is 0 Å². The number of ether oxygens (including phenoxy) is 1. The molecule has 1 rings (SSSR count). The highest BCUT2D eigenvalue weighted by Crippen LogP contribution is 2.10. The van der Waals surface area contributed by atoms with Crippen LogP contribution in [-0.4, -0.2) is 58.1 Å². The summed E-state index contributed by atoms with van der Waals surface area (Å²) in [5, 5.41) is 36.1. The van der Waals surface area contributed by atoms with Crippen LogP contribution in [0.5, 0.6) is 0 Å². The molecule has 1 fully saturated rings. The normalized spacial score (nSPS) is 46.9. The number of aliphatic hydroxyl groups excluding tert-OH is 4. The highest BCUT2D eigenvalue weighted by Gasteiger charge is 2.33. The maximum absolute atomic E-state index is 9.06. The van der Waals surface area contributed by atoms with E-state index in [1.807, 2.05) is 0 Å². The summed E-state index contributed by atoms with van der Waals surface area (Å²) < 4.78 is 4.74. The molecule has 4 atom stereocenters. The highest BCUT2D eigenvalue weighted by molar-refractivity contribution is 4.83. The standard InChI is InChI=1S/C6H12O5/c7-3-1-11-2-4(8)6(10)5(3)9/h3-10H,1-2H2/t3-,4+,5+,6-. The van der Waals surface area contributed by atoms with Crippen LogP contribution in [0, 0.1) is 0 Å². The molecule has 1 saturated heterocycles. The molecule has 0 saturated carbocycles. The maximum Gasteiger partial charge on any atom is 0.111 e. The first kappa shape index (κ1) is 8.89.